The third-order valence-corrected chi connectivity index (χ3v) is 4.34. The monoisotopic (exact) mass is 217 g/mol. The maximum Gasteiger partial charge on any atom is 0.205 e. The molecule has 0 rings (SSSR count). The Bertz CT molecular complexity index is 129. The molecule has 0 aromatic heterocycles. The summed E-state index contributed by atoms with van der Waals surface area (Å²) < 4.78 is 6.00. The second-order valence-corrected chi connectivity index (χ2v) is 12.8. The molecule has 0 aromatic carbocycles. The second-order valence-electron chi connectivity index (χ2n) is 5.20. The summed E-state index contributed by atoms with van der Waals surface area (Å²) in [6.07, 6.45) is 3.06. The summed E-state index contributed by atoms with van der Waals surface area (Å²) in [5.41, 5.74) is 0. The maximum atomic E-state index is 6.00. The molecule has 0 saturated heterocycles. The Labute approximate surface area is 86.6 Å². The Hall–Kier alpha value is 0.394. The predicted octanol–water partition coefficient (Wildman–Crippen LogP) is 3.76. The van der Waals surface area contributed by atoms with E-state index in [1.807, 2.05) is 0 Å². The third kappa shape index (κ3) is 8.72. The Morgan fingerprint density at radius 1 is 1.23 bits per heavy atom. The molecule has 0 bridgehead atoms. The van der Waals surface area contributed by atoms with Crippen LogP contribution in [-0.2, 0) is 4.43 Å². The highest BCUT2D eigenvalue weighted by molar-refractivity contribution is 6.76. The first kappa shape index (κ1) is 13.4. The standard InChI is InChI=1S/C10H25OSi2/c1-7-8-10(11-12(2)3)9-13(4,5)6/h10H,7-9H2,1-6H3. The van der Waals surface area contributed by atoms with Crippen molar-refractivity contribution in [3.8, 4) is 0 Å². The van der Waals surface area contributed by atoms with E-state index in [2.05, 4.69) is 39.7 Å². The predicted molar refractivity (Wildman–Crippen MR) is 65.4 cm³/mol. The summed E-state index contributed by atoms with van der Waals surface area (Å²) in [4.78, 5) is 0. The first-order valence-electron chi connectivity index (χ1n) is 5.32. The summed E-state index contributed by atoms with van der Waals surface area (Å²) in [6.45, 7) is 14.0. The molecule has 1 atom stereocenters. The fourth-order valence-electron chi connectivity index (χ4n) is 1.54. The SMILES string of the molecule is CCCC(C[Si](C)(C)C)O[Si](C)C. The summed E-state index contributed by atoms with van der Waals surface area (Å²) >= 11 is 0. The molecule has 0 aliphatic carbocycles. The molecular weight excluding hydrogens is 192 g/mol. The van der Waals surface area contributed by atoms with Gasteiger partial charge >= 0.3 is 0 Å². The van der Waals surface area contributed by atoms with Crippen LogP contribution in [0.3, 0.4) is 0 Å². The van der Waals surface area contributed by atoms with E-state index in [1.54, 1.807) is 0 Å². The van der Waals surface area contributed by atoms with Gasteiger partial charge in [0.05, 0.1) is 0 Å². The van der Waals surface area contributed by atoms with Crippen LogP contribution in [0.2, 0.25) is 38.8 Å². The zero-order valence-electron chi connectivity index (χ0n) is 10.1. The van der Waals surface area contributed by atoms with Gasteiger partial charge in [0.25, 0.3) is 0 Å². The number of rotatable bonds is 6. The van der Waals surface area contributed by atoms with Gasteiger partial charge in [0.1, 0.15) is 0 Å². The van der Waals surface area contributed by atoms with Gasteiger partial charge < -0.3 is 4.43 Å². The molecule has 0 spiro atoms. The Kier molecular flexibility index (Phi) is 6.17. The molecule has 1 unspecified atom stereocenters. The van der Waals surface area contributed by atoms with Gasteiger partial charge in [-0.05, 0) is 25.6 Å². The van der Waals surface area contributed by atoms with Crippen molar-refractivity contribution >= 4 is 17.1 Å². The van der Waals surface area contributed by atoms with Crippen molar-refractivity contribution in [3.05, 3.63) is 0 Å². The van der Waals surface area contributed by atoms with Gasteiger partial charge in [-0.3, -0.25) is 0 Å². The lowest BCUT2D eigenvalue weighted by molar-refractivity contribution is 0.211. The molecule has 0 saturated carbocycles. The fourth-order valence-corrected chi connectivity index (χ4v) is 4.23. The van der Waals surface area contributed by atoms with E-state index in [1.165, 1.54) is 18.9 Å². The van der Waals surface area contributed by atoms with Crippen molar-refractivity contribution in [1.29, 1.82) is 0 Å². The molecule has 1 nitrogen and oxygen atoms in total. The van der Waals surface area contributed by atoms with Crippen molar-refractivity contribution in [1.82, 2.24) is 0 Å². The van der Waals surface area contributed by atoms with E-state index >= 15 is 0 Å². The largest absolute Gasteiger partial charge is 0.415 e. The summed E-state index contributed by atoms with van der Waals surface area (Å²) in [5, 5.41) is 0. The van der Waals surface area contributed by atoms with Crippen LogP contribution in [0.25, 0.3) is 0 Å². The van der Waals surface area contributed by atoms with Crippen LogP contribution in [0.1, 0.15) is 19.8 Å². The van der Waals surface area contributed by atoms with Crippen molar-refractivity contribution in [2.24, 2.45) is 0 Å². The minimum atomic E-state index is -0.933. The zero-order valence-corrected chi connectivity index (χ0v) is 12.1. The van der Waals surface area contributed by atoms with E-state index in [0.717, 1.165) is 0 Å². The lowest BCUT2D eigenvalue weighted by Crippen LogP contribution is -2.31. The van der Waals surface area contributed by atoms with Gasteiger partial charge in [-0.25, -0.2) is 0 Å². The summed E-state index contributed by atoms with van der Waals surface area (Å²) in [5.74, 6) is 0. The average molecular weight is 217 g/mol. The van der Waals surface area contributed by atoms with E-state index < -0.39 is 17.1 Å². The molecule has 13 heavy (non-hydrogen) atoms. The first-order chi connectivity index (χ1) is 5.85. The van der Waals surface area contributed by atoms with Gasteiger partial charge in [0.15, 0.2) is 0 Å². The highest BCUT2D eigenvalue weighted by Gasteiger charge is 2.21. The van der Waals surface area contributed by atoms with E-state index in [0.29, 0.717) is 6.10 Å². The molecule has 0 N–H and O–H groups in total. The molecule has 0 aliphatic heterocycles. The van der Waals surface area contributed by atoms with E-state index in [-0.39, 0.29) is 0 Å². The van der Waals surface area contributed by atoms with Crippen LogP contribution in [0.5, 0.6) is 0 Å². The van der Waals surface area contributed by atoms with Gasteiger partial charge in [-0.2, -0.15) is 0 Å². The van der Waals surface area contributed by atoms with E-state index in [4.69, 9.17) is 4.43 Å². The quantitative estimate of drug-likeness (QED) is 0.616. The van der Waals surface area contributed by atoms with Crippen molar-refractivity contribution < 1.29 is 4.43 Å². The van der Waals surface area contributed by atoms with Crippen LogP contribution < -0.4 is 0 Å². The molecule has 0 amide bonds. The van der Waals surface area contributed by atoms with Crippen molar-refractivity contribution in [3.63, 3.8) is 0 Å². The normalized spacial score (nSPS) is 15.0. The summed E-state index contributed by atoms with van der Waals surface area (Å²) in [7, 11) is -1.44. The molecule has 0 aromatic rings. The van der Waals surface area contributed by atoms with Gasteiger partial charge in [0, 0.05) is 14.2 Å². The molecule has 0 fully saturated rings. The molecule has 79 valence electrons. The fraction of sp³-hybridized carbons (Fsp3) is 1.00. The Balaban J connectivity index is 3.94. The van der Waals surface area contributed by atoms with Crippen LogP contribution in [0, 0.1) is 0 Å². The number of hydrogen-bond donors (Lipinski definition) is 0. The third-order valence-electron chi connectivity index (χ3n) is 1.85. The van der Waals surface area contributed by atoms with Crippen molar-refractivity contribution in [2.75, 3.05) is 0 Å². The first-order valence-corrected chi connectivity index (χ1v) is 11.4. The zero-order chi connectivity index (χ0) is 10.5. The van der Waals surface area contributed by atoms with Gasteiger partial charge in [0.2, 0.25) is 9.04 Å². The van der Waals surface area contributed by atoms with Crippen LogP contribution >= 0.6 is 0 Å². The average Bonchev–Trinajstić information content (AvgIpc) is 1.81. The van der Waals surface area contributed by atoms with Gasteiger partial charge in [-0.1, -0.05) is 33.0 Å². The highest BCUT2D eigenvalue weighted by atomic mass is 28.3. The molecule has 0 aliphatic rings. The molecule has 0 heterocycles. The van der Waals surface area contributed by atoms with Crippen LogP contribution in [-0.4, -0.2) is 23.2 Å². The highest BCUT2D eigenvalue weighted by Crippen LogP contribution is 2.18. The molecular formula is C10H25OSi2. The second kappa shape index (κ2) is 5.99. The Morgan fingerprint density at radius 2 is 1.77 bits per heavy atom. The Morgan fingerprint density at radius 3 is 2.08 bits per heavy atom. The topological polar surface area (TPSA) is 9.23 Å². The van der Waals surface area contributed by atoms with Gasteiger partial charge in [-0.15, -0.1) is 0 Å². The van der Waals surface area contributed by atoms with E-state index in [9.17, 15) is 0 Å². The maximum absolute atomic E-state index is 6.00. The molecule has 1 radical (unpaired) electrons. The minimum absolute atomic E-state index is 0.505. The van der Waals surface area contributed by atoms with Crippen molar-refractivity contribution in [2.45, 2.75) is 64.6 Å². The smallest absolute Gasteiger partial charge is 0.205 e. The molecule has 3 heteroatoms. The van der Waals surface area contributed by atoms with Crippen LogP contribution in [0.4, 0.5) is 0 Å². The number of hydrogen-bond acceptors (Lipinski definition) is 1. The lowest BCUT2D eigenvalue weighted by Gasteiger charge is -2.26. The lowest BCUT2D eigenvalue weighted by atomic mass is 10.2. The van der Waals surface area contributed by atoms with Crippen LogP contribution in [0.15, 0.2) is 0 Å². The summed E-state index contributed by atoms with van der Waals surface area (Å²) in [6, 6.07) is 1.33. The minimum Gasteiger partial charge on any atom is -0.415 e.